The number of hydrogen-bond donors (Lipinski definition) is 1. The number of hydrogen-bond acceptors (Lipinski definition) is 3. The fourth-order valence-corrected chi connectivity index (χ4v) is 0.575. The lowest BCUT2D eigenvalue weighted by molar-refractivity contribution is 0.429. The van der Waals surface area contributed by atoms with Crippen molar-refractivity contribution >= 4 is 5.88 Å². The first-order valence-electron chi connectivity index (χ1n) is 2.96. The maximum absolute atomic E-state index is 4.78. The van der Waals surface area contributed by atoms with Crippen molar-refractivity contribution in [2.24, 2.45) is 0 Å². The van der Waals surface area contributed by atoms with Crippen molar-refractivity contribution in [3.05, 3.63) is 12.3 Å². The van der Waals surface area contributed by atoms with E-state index in [0.29, 0.717) is 6.04 Å². The van der Waals surface area contributed by atoms with Gasteiger partial charge in [0, 0.05) is 12.1 Å². The molecular formula is C6H10N2O. The summed E-state index contributed by atoms with van der Waals surface area (Å²) in [6.45, 7) is 4.09. The molecule has 0 saturated heterocycles. The molecule has 0 aromatic carbocycles. The van der Waals surface area contributed by atoms with Gasteiger partial charge in [0.15, 0.2) is 0 Å². The molecule has 0 unspecified atom stereocenters. The van der Waals surface area contributed by atoms with Crippen LogP contribution >= 0.6 is 0 Å². The van der Waals surface area contributed by atoms with Gasteiger partial charge in [-0.2, -0.15) is 0 Å². The van der Waals surface area contributed by atoms with Crippen molar-refractivity contribution in [2.45, 2.75) is 19.9 Å². The zero-order chi connectivity index (χ0) is 6.69. The van der Waals surface area contributed by atoms with Gasteiger partial charge in [0.05, 0.1) is 6.20 Å². The fourth-order valence-electron chi connectivity index (χ4n) is 0.575. The van der Waals surface area contributed by atoms with Crippen LogP contribution < -0.4 is 5.32 Å². The van der Waals surface area contributed by atoms with Crippen molar-refractivity contribution in [3.8, 4) is 0 Å². The van der Waals surface area contributed by atoms with Crippen LogP contribution in [-0.2, 0) is 0 Å². The molecule has 0 aliphatic rings. The summed E-state index contributed by atoms with van der Waals surface area (Å²) in [6, 6.07) is 2.19. The summed E-state index contributed by atoms with van der Waals surface area (Å²) in [6.07, 6.45) is 1.62. The lowest BCUT2D eigenvalue weighted by atomic mass is 10.4. The Balaban J connectivity index is 2.48. The molecule has 50 valence electrons. The molecule has 1 aromatic rings. The molecule has 1 heterocycles. The summed E-state index contributed by atoms with van der Waals surface area (Å²) in [4.78, 5) is 0. The number of anilines is 1. The van der Waals surface area contributed by atoms with E-state index in [1.54, 1.807) is 12.3 Å². The molecular weight excluding hydrogens is 116 g/mol. The highest BCUT2D eigenvalue weighted by Crippen LogP contribution is 2.04. The normalized spacial score (nSPS) is 10.1. The third-order valence-corrected chi connectivity index (χ3v) is 0.869. The van der Waals surface area contributed by atoms with Crippen LogP contribution in [0.1, 0.15) is 13.8 Å². The number of aromatic nitrogens is 1. The van der Waals surface area contributed by atoms with E-state index in [-0.39, 0.29) is 0 Å². The second-order valence-corrected chi connectivity index (χ2v) is 2.18. The van der Waals surface area contributed by atoms with E-state index in [2.05, 4.69) is 10.5 Å². The molecule has 0 bridgehead atoms. The molecule has 0 spiro atoms. The summed E-state index contributed by atoms with van der Waals surface area (Å²) < 4.78 is 4.78. The molecule has 1 aromatic heterocycles. The van der Waals surface area contributed by atoms with E-state index in [1.807, 2.05) is 13.8 Å². The second kappa shape index (κ2) is 2.53. The van der Waals surface area contributed by atoms with Gasteiger partial charge in [0.25, 0.3) is 0 Å². The first-order chi connectivity index (χ1) is 4.29. The Labute approximate surface area is 54.0 Å². The van der Waals surface area contributed by atoms with E-state index in [1.165, 1.54) is 0 Å². The number of nitrogens with one attached hydrogen (secondary N) is 1. The summed E-state index contributed by atoms with van der Waals surface area (Å²) in [7, 11) is 0. The zero-order valence-electron chi connectivity index (χ0n) is 5.59. The van der Waals surface area contributed by atoms with Crippen molar-refractivity contribution in [1.82, 2.24) is 5.16 Å². The van der Waals surface area contributed by atoms with E-state index in [9.17, 15) is 0 Å². The van der Waals surface area contributed by atoms with E-state index in [0.717, 1.165) is 5.88 Å². The quantitative estimate of drug-likeness (QED) is 0.652. The van der Waals surface area contributed by atoms with Crippen molar-refractivity contribution in [3.63, 3.8) is 0 Å². The lowest BCUT2D eigenvalue weighted by Gasteiger charge is -2.02. The smallest absolute Gasteiger partial charge is 0.224 e. The molecule has 0 aliphatic heterocycles. The first kappa shape index (κ1) is 6.13. The highest BCUT2D eigenvalue weighted by atomic mass is 16.5. The molecule has 3 heteroatoms. The molecule has 0 amide bonds. The molecule has 0 saturated carbocycles. The maximum Gasteiger partial charge on any atom is 0.224 e. The number of rotatable bonds is 2. The monoisotopic (exact) mass is 126 g/mol. The predicted molar refractivity (Wildman–Crippen MR) is 35.3 cm³/mol. The van der Waals surface area contributed by atoms with E-state index >= 15 is 0 Å². The molecule has 1 rings (SSSR count). The van der Waals surface area contributed by atoms with Crippen LogP contribution in [0.4, 0.5) is 5.88 Å². The van der Waals surface area contributed by atoms with Crippen LogP contribution in [0.3, 0.4) is 0 Å². The zero-order valence-corrected chi connectivity index (χ0v) is 5.59. The van der Waals surface area contributed by atoms with Gasteiger partial charge in [-0.05, 0) is 13.8 Å². The Morgan fingerprint density at radius 2 is 2.44 bits per heavy atom. The van der Waals surface area contributed by atoms with Crippen molar-refractivity contribution in [2.75, 3.05) is 5.32 Å². The van der Waals surface area contributed by atoms with Gasteiger partial charge in [0.2, 0.25) is 5.88 Å². The molecule has 1 N–H and O–H groups in total. The largest absolute Gasteiger partial charge is 0.352 e. The molecule has 9 heavy (non-hydrogen) atoms. The SMILES string of the molecule is CC(C)Nc1ccno1. The van der Waals surface area contributed by atoms with Gasteiger partial charge in [-0.25, -0.2) is 0 Å². The van der Waals surface area contributed by atoms with Gasteiger partial charge in [-0.1, -0.05) is 5.16 Å². The minimum absolute atomic E-state index is 0.401. The fraction of sp³-hybridized carbons (Fsp3) is 0.500. The Hall–Kier alpha value is -0.990. The molecule has 0 fully saturated rings. The molecule has 0 atom stereocenters. The standard InChI is InChI=1S/C6H10N2O/c1-5(2)8-6-3-4-7-9-6/h3-5,8H,1-2H3. The summed E-state index contributed by atoms with van der Waals surface area (Å²) in [5, 5.41) is 6.59. The second-order valence-electron chi connectivity index (χ2n) is 2.18. The van der Waals surface area contributed by atoms with E-state index in [4.69, 9.17) is 4.52 Å². The summed E-state index contributed by atoms with van der Waals surface area (Å²) in [5.41, 5.74) is 0. The van der Waals surface area contributed by atoms with Crippen LogP contribution in [0.5, 0.6) is 0 Å². The first-order valence-corrected chi connectivity index (χ1v) is 2.96. The maximum atomic E-state index is 4.78. The Morgan fingerprint density at radius 3 is 2.89 bits per heavy atom. The van der Waals surface area contributed by atoms with Gasteiger partial charge in [-0.3, -0.25) is 0 Å². The average molecular weight is 126 g/mol. The van der Waals surface area contributed by atoms with Crippen LogP contribution in [0.15, 0.2) is 16.8 Å². The van der Waals surface area contributed by atoms with Gasteiger partial charge in [-0.15, -0.1) is 0 Å². The van der Waals surface area contributed by atoms with Crippen LogP contribution in [0, 0.1) is 0 Å². The van der Waals surface area contributed by atoms with Gasteiger partial charge in [0.1, 0.15) is 0 Å². The molecule has 0 aliphatic carbocycles. The summed E-state index contributed by atoms with van der Waals surface area (Å²) >= 11 is 0. The Morgan fingerprint density at radius 1 is 1.67 bits per heavy atom. The third kappa shape index (κ3) is 1.76. The Bertz CT molecular complexity index is 158. The number of nitrogens with zero attached hydrogens (tertiary/aromatic N) is 1. The minimum Gasteiger partial charge on any atom is -0.352 e. The van der Waals surface area contributed by atoms with Crippen LogP contribution in [0.25, 0.3) is 0 Å². The van der Waals surface area contributed by atoms with Crippen molar-refractivity contribution < 1.29 is 4.52 Å². The van der Waals surface area contributed by atoms with Crippen LogP contribution in [0.2, 0.25) is 0 Å². The average Bonchev–Trinajstić information content (AvgIpc) is 2.15. The van der Waals surface area contributed by atoms with Gasteiger partial charge >= 0.3 is 0 Å². The molecule has 3 nitrogen and oxygen atoms in total. The van der Waals surface area contributed by atoms with Crippen LogP contribution in [-0.4, -0.2) is 11.2 Å². The summed E-state index contributed by atoms with van der Waals surface area (Å²) in [5.74, 6) is 0.727. The topological polar surface area (TPSA) is 38.1 Å². The minimum atomic E-state index is 0.401. The predicted octanol–water partition coefficient (Wildman–Crippen LogP) is 1.49. The Kier molecular flexibility index (Phi) is 1.72. The van der Waals surface area contributed by atoms with Crippen molar-refractivity contribution in [1.29, 1.82) is 0 Å². The van der Waals surface area contributed by atoms with Gasteiger partial charge < -0.3 is 9.84 Å². The molecule has 0 radical (unpaired) electrons. The highest BCUT2D eigenvalue weighted by molar-refractivity contribution is 5.28. The lowest BCUT2D eigenvalue weighted by Crippen LogP contribution is -2.08. The van der Waals surface area contributed by atoms with E-state index < -0.39 is 0 Å². The third-order valence-electron chi connectivity index (χ3n) is 0.869. The highest BCUT2D eigenvalue weighted by Gasteiger charge is 1.95.